The Morgan fingerprint density at radius 1 is 1.26 bits per heavy atom. The van der Waals surface area contributed by atoms with Gasteiger partial charge in [0.2, 0.25) is 0 Å². The number of aromatic nitrogens is 5. The van der Waals surface area contributed by atoms with E-state index in [9.17, 15) is 0 Å². The van der Waals surface area contributed by atoms with Gasteiger partial charge in [0, 0.05) is 12.4 Å². The predicted molar refractivity (Wildman–Crippen MR) is 76.4 cm³/mol. The topological polar surface area (TPSA) is 48.0 Å². The van der Waals surface area contributed by atoms with Crippen LogP contribution in [0.2, 0.25) is 0 Å². The van der Waals surface area contributed by atoms with Crippen LogP contribution in [0.25, 0.3) is 5.65 Å². The summed E-state index contributed by atoms with van der Waals surface area (Å²) in [6, 6.07) is 4.08. The lowest BCUT2D eigenvalue weighted by Crippen LogP contribution is -2.00. The highest BCUT2D eigenvalue weighted by Gasteiger charge is 2.08. The summed E-state index contributed by atoms with van der Waals surface area (Å²) >= 11 is 3.48. The van der Waals surface area contributed by atoms with E-state index in [4.69, 9.17) is 0 Å². The van der Waals surface area contributed by atoms with Crippen molar-refractivity contribution >= 4 is 21.6 Å². The molecule has 0 fully saturated rings. The van der Waals surface area contributed by atoms with Gasteiger partial charge in [-0.25, -0.2) is 9.67 Å². The molecule has 3 heterocycles. The number of imidazole rings is 1. The number of pyridine rings is 1. The van der Waals surface area contributed by atoms with Crippen LogP contribution in [-0.4, -0.2) is 24.4 Å². The van der Waals surface area contributed by atoms with Gasteiger partial charge >= 0.3 is 0 Å². The van der Waals surface area contributed by atoms with Crippen molar-refractivity contribution in [3.8, 4) is 0 Å². The minimum absolute atomic E-state index is 0.213. The largest absolute Gasteiger partial charge is 0.306 e. The average Bonchev–Trinajstić information content (AvgIpc) is 2.95. The van der Waals surface area contributed by atoms with E-state index in [1.54, 1.807) is 0 Å². The first-order chi connectivity index (χ1) is 9.11. The molecule has 0 saturated heterocycles. The first-order valence-corrected chi connectivity index (χ1v) is 7.02. The third-order valence-electron chi connectivity index (χ3n) is 2.94. The summed E-state index contributed by atoms with van der Waals surface area (Å²) in [6.45, 7) is 4.73. The zero-order valence-electron chi connectivity index (χ0n) is 10.8. The summed E-state index contributed by atoms with van der Waals surface area (Å²) in [5.74, 6) is 0. The van der Waals surface area contributed by atoms with Crippen LogP contribution >= 0.6 is 15.9 Å². The second-order valence-electron chi connectivity index (χ2n) is 4.66. The van der Waals surface area contributed by atoms with Crippen LogP contribution in [0, 0.1) is 6.92 Å². The van der Waals surface area contributed by atoms with E-state index in [0.29, 0.717) is 6.54 Å². The molecule has 3 aromatic heterocycles. The molecule has 1 unspecified atom stereocenters. The molecule has 0 saturated carbocycles. The quantitative estimate of drug-likeness (QED) is 0.697. The highest BCUT2D eigenvalue weighted by molar-refractivity contribution is 9.09. The molecular formula is C13H14BrN5. The fraction of sp³-hybridized carbons (Fsp3) is 0.308. The van der Waals surface area contributed by atoms with Gasteiger partial charge in [-0.2, -0.15) is 0 Å². The molecule has 98 valence electrons. The number of hydrogen-bond acceptors (Lipinski definition) is 3. The van der Waals surface area contributed by atoms with Gasteiger partial charge in [0.05, 0.1) is 29.0 Å². The minimum atomic E-state index is 0.213. The summed E-state index contributed by atoms with van der Waals surface area (Å²) in [5, 5.41) is 8.22. The number of nitrogens with zero attached hydrogens (tertiary/aromatic N) is 5. The molecule has 5 nitrogen and oxygen atoms in total. The van der Waals surface area contributed by atoms with E-state index in [-0.39, 0.29) is 4.83 Å². The number of aryl methyl sites for hydroxylation is 1. The molecule has 0 aromatic carbocycles. The van der Waals surface area contributed by atoms with E-state index in [1.807, 2.05) is 34.5 Å². The second-order valence-corrected chi connectivity index (χ2v) is 6.03. The second kappa shape index (κ2) is 4.77. The summed E-state index contributed by atoms with van der Waals surface area (Å²) in [7, 11) is 0. The highest BCUT2D eigenvalue weighted by atomic mass is 79.9. The van der Waals surface area contributed by atoms with Crippen LogP contribution in [0.1, 0.15) is 28.7 Å². The molecule has 0 aliphatic rings. The predicted octanol–water partition coefficient (Wildman–Crippen LogP) is 2.74. The molecule has 0 bridgehead atoms. The third-order valence-corrected chi connectivity index (χ3v) is 3.41. The molecule has 1 atom stereocenters. The number of alkyl halides is 1. The smallest absolute Gasteiger partial charge is 0.137 e. The Bertz CT molecular complexity index is 713. The lowest BCUT2D eigenvalue weighted by molar-refractivity contribution is 0.640. The van der Waals surface area contributed by atoms with Crippen molar-refractivity contribution in [2.45, 2.75) is 25.2 Å². The van der Waals surface area contributed by atoms with Gasteiger partial charge in [-0.3, -0.25) is 0 Å². The minimum Gasteiger partial charge on any atom is -0.306 e. The Morgan fingerprint density at radius 2 is 2.11 bits per heavy atom. The molecule has 0 aliphatic heterocycles. The van der Waals surface area contributed by atoms with Gasteiger partial charge in [0.25, 0.3) is 0 Å². The number of halogens is 1. The fourth-order valence-corrected chi connectivity index (χ4v) is 2.18. The molecule has 0 radical (unpaired) electrons. The molecule has 0 aliphatic carbocycles. The van der Waals surface area contributed by atoms with Crippen LogP contribution in [0.15, 0.2) is 30.7 Å². The normalized spacial score (nSPS) is 13.0. The van der Waals surface area contributed by atoms with Crippen molar-refractivity contribution < 1.29 is 0 Å². The van der Waals surface area contributed by atoms with Crippen LogP contribution in [0.5, 0.6) is 0 Å². The summed E-state index contributed by atoms with van der Waals surface area (Å²) in [4.78, 5) is 4.78. The fourth-order valence-electron chi connectivity index (χ4n) is 1.97. The molecule has 3 aromatic rings. The Hall–Kier alpha value is -1.69. The van der Waals surface area contributed by atoms with E-state index in [2.05, 4.69) is 50.4 Å². The number of rotatable bonds is 3. The molecular weight excluding hydrogens is 306 g/mol. The van der Waals surface area contributed by atoms with Gasteiger partial charge in [0.1, 0.15) is 5.65 Å². The Balaban J connectivity index is 1.87. The Labute approximate surface area is 119 Å². The van der Waals surface area contributed by atoms with Crippen LogP contribution < -0.4 is 0 Å². The monoisotopic (exact) mass is 319 g/mol. The van der Waals surface area contributed by atoms with Crippen molar-refractivity contribution in [2.75, 3.05) is 0 Å². The zero-order chi connectivity index (χ0) is 13.4. The molecule has 3 rings (SSSR count). The summed E-state index contributed by atoms with van der Waals surface area (Å²) in [6.07, 6.45) is 6.04. The van der Waals surface area contributed by atoms with E-state index in [0.717, 1.165) is 17.0 Å². The molecule has 0 amide bonds. The Kier molecular flexibility index (Phi) is 3.10. The number of hydrogen-bond donors (Lipinski definition) is 0. The van der Waals surface area contributed by atoms with E-state index in [1.165, 1.54) is 5.56 Å². The van der Waals surface area contributed by atoms with Crippen molar-refractivity contribution in [1.29, 1.82) is 0 Å². The Morgan fingerprint density at radius 3 is 2.84 bits per heavy atom. The van der Waals surface area contributed by atoms with Crippen molar-refractivity contribution in [2.24, 2.45) is 0 Å². The maximum atomic E-state index is 4.57. The van der Waals surface area contributed by atoms with E-state index < -0.39 is 0 Å². The molecule has 0 N–H and O–H groups in total. The van der Waals surface area contributed by atoms with Gasteiger partial charge < -0.3 is 4.40 Å². The molecule has 6 heteroatoms. The van der Waals surface area contributed by atoms with Gasteiger partial charge in [-0.15, -0.1) is 5.10 Å². The first kappa shape index (κ1) is 12.3. The highest BCUT2D eigenvalue weighted by Crippen LogP contribution is 2.18. The van der Waals surface area contributed by atoms with Crippen LogP contribution in [0.3, 0.4) is 0 Å². The SMILES string of the molecule is Cc1ccc2nc(Cn3cc(C(C)Br)nn3)cn2c1. The number of fused-ring (bicyclic) bond motifs is 1. The lowest BCUT2D eigenvalue weighted by Gasteiger charge is -1.95. The standard InChI is InChI=1S/C13H14BrN5/c1-9-3-4-13-15-11(6-18(13)5-9)7-19-8-12(10(2)14)16-17-19/h3-6,8,10H,7H2,1-2H3. The van der Waals surface area contributed by atoms with E-state index >= 15 is 0 Å². The zero-order valence-corrected chi connectivity index (χ0v) is 12.4. The molecule has 19 heavy (non-hydrogen) atoms. The van der Waals surface area contributed by atoms with Crippen molar-refractivity contribution in [1.82, 2.24) is 24.4 Å². The lowest BCUT2D eigenvalue weighted by atomic mass is 10.3. The van der Waals surface area contributed by atoms with Crippen LogP contribution in [-0.2, 0) is 6.54 Å². The summed E-state index contributed by atoms with van der Waals surface area (Å²) < 4.78 is 3.84. The third kappa shape index (κ3) is 2.53. The van der Waals surface area contributed by atoms with Crippen LogP contribution in [0.4, 0.5) is 0 Å². The van der Waals surface area contributed by atoms with Gasteiger partial charge in [-0.1, -0.05) is 27.2 Å². The first-order valence-electron chi connectivity index (χ1n) is 6.10. The molecule has 0 spiro atoms. The average molecular weight is 320 g/mol. The van der Waals surface area contributed by atoms with Gasteiger partial charge in [0.15, 0.2) is 0 Å². The van der Waals surface area contributed by atoms with Gasteiger partial charge in [-0.05, 0) is 25.5 Å². The maximum absolute atomic E-state index is 4.57. The van der Waals surface area contributed by atoms with Crippen molar-refractivity contribution in [3.63, 3.8) is 0 Å². The maximum Gasteiger partial charge on any atom is 0.137 e. The van der Waals surface area contributed by atoms with Crippen molar-refractivity contribution in [3.05, 3.63) is 47.7 Å². The summed E-state index contributed by atoms with van der Waals surface area (Å²) in [5.41, 5.74) is 4.08.